The number of benzene rings is 2. The van der Waals surface area contributed by atoms with Gasteiger partial charge in [0.2, 0.25) is 0 Å². The van der Waals surface area contributed by atoms with Gasteiger partial charge >= 0.3 is 0 Å². The van der Waals surface area contributed by atoms with Crippen molar-refractivity contribution in [1.29, 1.82) is 0 Å². The van der Waals surface area contributed by atoms with Crippen LogP contribution >= 0.6 is 22.7 Å². The quantitative estimate of drug-likeness (QED) is 0.332. The Kier molecular flexibility index (Phi) is 5.05. The largest absolute Gasteiger partial charge is 0.142 e. The van der Waals surface area contributed by atoms with Crippen molar-refractivity contribution in [3.63, 3.8) is 0 Å². The van der Waals surface area contributed by atoms with Gasteiger partial charge in [0.15, 0.2) is 0 Å². The highest BCUT2D eigenvalue weighted by Crippen LogP contribution is 2.38. The Morgan fingerprint density at radius 2 is 0.923 bits per heavy atom. The summed E-state index contributed by atoms with van der Waals surface area (Å²) in [4.78, 5) is 2.70. The third kappa shape index (κ3) is 3.53. The van der Waals surface area contributed by atoms with Crippen LogP contribution in [-0.2, 0) is 12.8 Å². The van der Waals surface area contributed by atoms with Gasteiger partial charge in [0.1, 0.15) is 0 Å². The standard InChI is InChI=1S/C24H22S2/c1-3-17-5-9-19(10-6-17)21-13-23(25-15-21)24-14-22(16-26-24)20-11-7-18(4-2)8-12-20/h5-16H,3-4H2,1-2H3. The predicted molar refractivity (Wildman–Crippen MR) is 117 cm³/mol. The summed E-state index contributed by atoms with van der Waals surface area (Å²) < 4.78 is 0. The molecule has 0 nitrogen and oxygen atoms in total. The summed E-state index contributed by atoms with van der Waals surface area (Å²) in [7, 11) is 0. The summed E-state index contributed by atoms with van der Waals surface area (Å²) in [6, 6.07) is 22.5. The van der Waals surface area contributed by atoms with Crippen LogP contribution in [0.1, 0.15) is 25.0 Å². The van der Waals surface area contributed by atoms with E-state index in [0.717, 1.165) is 12.8 Å². The van der Waals surface area contributed by atoms with Crippen LogP contribution in [0.3, 0.4) is 0 Å². The molecule has 2 heteroatoms. The number of rotatable bonds is 5. The van der Waals surface area contributed by atoms with E-state index in [4.69, 9.17) is 0 Å². The van der Waals surface area contributed by atoms with E-state index in [-0.39, 0.29) is 0 Å². The zero-order valence-electron chi connectivity index (χ0n) is 15.2. The summed E-state index contributed by atoms with van der Waals surface area (Å²) in [6.07, 6.45) is 2.18. The first-order valence-corrected chi connectivity index (χ1v) is 10.9. The Balaban J connectivity index is 1.58. The van der Waals surface area contributed by atoms with Gasteiger partial charge in [0.25, 0.3) is 0 Å². The van der Waals surface area contributed by atoms with E-state index in [1.807, 2.05) is 22.7 Å². The first kappa shape index (κ1) is 17.3. The highest BCUT2D eigenvalue weighted by molar-refractivity contribution is 7.20. The number of hydrogen-bond donors (Lipinski definition) is 0. The molecule has 0 saturated heterocycles. The fourth-order valence-corrected chi connectivity index (χ4v) is 5.04. The van der Waals surface area contributed by atoms with Crippen LogP contribution in [0.4, 0.5) is 0 Å². The maximum absolute atomic E-state index is 2.32. The minimum atomic E-state index is 1.09. The molecule has 0 spiro atoms. The lowest BCUT2D eigenvalue weighted by Gasteiger charge is -2.00. The van der Waals surface area contributed by atoms with Crippen molar-refractivity contribution >= 4 is 22.7 Å². The van der Waals surface area contributed by atoms with Crippen molar-refractivity contribution in [3.05, 3.63) is 82.6 Å². The van der Waals surface area contributed by atoms with Crippen LogP contribution in [0, 0.1) is 0 Å². The van der Waals surface area contributed by atoms with E-state index >= 15 is 0 Å². The van der Waals surface area contributed by atoms with E-state index in [9.17, 15) is 0 Å². The molecule has 4 rings (SSSR count). The Bertz CT molecular complexity index is 902. The SMILES string of the molecule is CCc1ccc(-c2csc(-c3cc(-c4ccc(CC)cc4)cs3)c2)cc1. The summed E-state index contributed by atoms with van der Waals surface area (Å²) in [5.74, 6) is 0. The summed E-state index contributed by atoms with van der Waals surface area (Å²) in [5.41, 5.74) is 8.01. The Labute approximate surface area is 163 Å². The number of aryl methyl sites for hydroxylation is 2. The Morgan fingerprint density at radius 3 is 1.27 bits per heavy atom. The van der Waals surface area contributed by atoms with Gasteiger partial charge in [-0.3, -0.25) is 0 Å². The zero-order valence-corrected chi connectivity index (χ0v) is 16.8. The van der Waals surface area contributed by atoms with Crippen LogP contribution in [0.5, 0.6) is 0 Å². The molecular weight excluding hydrogens is 352 g/mol. The van der Waals surface area contributed by atoms with Crippen LogP contribution < -0.4 is 0 Å². The van der Waals surface area contributed by atoms with Gasteiger partial charge in [0.05, 0.1) is 0 Å². The molecule has 2 aromatic carbocycles. The van der Waals surface area contributed by atoms with E-state index in [2.05, 4.69) is 85.3 Å². The van der Waals surface area contributed by atoms with Gasteiger partial charge in [-0.05, 0) is 69.1 Å². The maximum atomic E-state index is 2.32. The monoisotopic (exact) mass is 374 g/mol. The van der Waals surface area contributed by atoms with Crippen molar-refractivity contribution < 1.29 is 0 Å². The lowest BCUT2D eigenvalue weighted by Crippen LogP contribution is -1.79. The topological polar surface area (TPSA) is 0 Å². The van der Waals surface area contributed by atoms with Gasteiger partial charge in [-0.2, -0.15) is 0 Å². The molecule has 0 atom stereocenters. The van der Waals surface area contributed by atoms with Crippen molar-refractivity contribution in [1.82, 2.24) is 0 Å². The molecule has 0 unspecified atom stereocenters. The van der Waals surface area contributed by atoms with Crippen LogP contribution in [0.25, 0.3) is 32.0 Å². The highest BCUT2D eigenvalue weighted by Gasteiger charge is 2.09. The summed E-state index contributed by atoms with van der Waals surface area (Å²) in [5, 5.41) is 4.54. The van der Waals surface area contributed by atoms with Crippen LogP contribution in [0.15, 0.2) is 71.4 Å². The molecule has 0 saturated carbocycles. The average molecular weight is 375 g/mol. The number of thiophene rings is 2. The molecule has 26 heavy (non-hydrogen) atoms. The third-order valence-electron chi connectivity index (χ3n) is 4.83. The smallest absolute Gasteiger partial charge is 0.0449 e. The van der Waals surface area contributed by atoms with E-state index in [1.165, 1.54) is 43.1 Å². The molecule has 0 radical (unpaired) electrons. The second-order valence-electron chi connectivity index (χ2n) is 6.50. The van der Waals surface area contributed by atoms with E-state index < -0.39 is 0 Å². The summed E-state index contributed by atoms with van der Waals surface area (Å²) in [6.45, 7) is 4.39. The van der Waals surface area contributed by atoms with Gasteiger partial charge in [0, 0.05) is 9.75 Å². The molecule has 0 fully saturated rings. The third-order valence-corrected chi connectivity index (χ3v) is 6.89. The van der Waals surface area contributed by atoms with E-state index in [1.54, 1.807) is 0 Å². The Morgan fingerprint density at radius 1 is 0.538 bits per heavy atom. The molecule has 130 valence electrons. The average Bonchev–Trinajstić information content (AvgIpc) is 3.38. The highest BCUT2D eigenvalue weighted by atomic mass is 32.1. The fourth-order valence-electron chi connectivity index (χ4n) is 3.10. The van der Waals surface area contributed by atoms with Gasteiger partial charge in [-0.15, -0.1) is 22.7 Å². The van der Waals surface area contributed by atoms with Gasteiger partial charge in [-0.1, -0.05) is 62.4 Å². The molecule has 4 aromatic rings. The van der Waals surface area contributed by atoms with Crippen molar-refractivity contribution in [2.24, 2.45) is 0 Å². The normalized spacial score (nSPS) is 11.0. The van der Waals surface area contributed by atoms with Crippen molar-refractivity contribution in [2.45, 2.75) is 26.7 Å². The molecule has 0 amide bonds. The molecule has 0 aliphatic heterocycles. The van der Waals surface area contributed by atoms with Gasteiger partial charge < -0.3 is 0 Å². The molecule has 2 aromatic heterocycles. The number of hydrogen-bond acceptors (Lipinski definition) is 2. The first-order valence-electron chi connectivity index (χ1n) is 9.13. The summed E-state index contributed by atoms with van der Waals surface area (Å²) >= 11 is 3.66. The lowest BCUT2D eigenvalue weighted by molar-refractivity contribution is 1.14. The van der Waals surface area contributed by atoms with Crippen LogP contribution in [0.2, 0.25) is 0 Å². The lowest BCUT2D eigenvalue weighted by atomic mass is 10.0. The Hall–Kier alpha value is -2.16. The molecule has 0 aliphatic rings. The van der Waals surface area contributed by atoms with Crippen molar-refractivity contribution in [3.8, 4) is 32.0 Å². The molecule has 0 aliphatic carbocycles. The molecule has 0 bridgehead atoms. The predicted octanol–water partition coefficient (Wildman–Crippen LogP) is 7.94. The fraction of sp³-hybridized carbons (Fsp3) is 0.167. The first-order chi connectivity index (χ1) is 12.8. The minimum Gasteiger partial charge on any atom is -0.142 e. The molecule has 0 N–H and O–H groups in total. The van der Waals surface area contributed by atoms with Crippen molar-refractivity contribution in [2.75, 3.05) is 0 Å². The molecule has 2 heterocycles. The zero-order chi connectivity index (χ0) is 17.9. The minimum absolute atomic E-state index is 1.09. The van der Waals surface area contributed by atoms with E-state index in [0.29, 0.717) is 0 Å². The van der Waals surface area contributed by atoms with Gasteiger partial charge in [-0.25, -0.2) is 0 Å². The second kappa shape index (κ2) is 7.61. The maximum Gasteiger partial charge on any atom is 0.0449 e. The second-order valence-corrected chi connectivity index (χ2v) is 8.32. The van der Waals surface area contributed by atoms with Crippen LogP contribution in [-0.4, -0.2) is 0 Å². The molecular formula is C24H22S2.